The zero-order valence-corrected chi connectivity index (χ0v) is 24.0. The van der Waals surface area contributed by atoms with Crippen LogP contribution < -0.4 is 9.47 Å². The smallest absolute Gasteiger partial charge is 0.294 e. The summed E-state index contributed by atoms with van der Waals surface area (Å²) < 4.78 is 81.9. The molecule has 21 heteroatoms. The standard InChI is InChI=1S/C20H20N2O15S4/c1-31-15-10-18(40(26,27)6-5-33-39-37-35-25)16(32-2)9-14(15)21-22-19-17(38-36-34-24)8-11-7-12(41(28,29)30)3-4-13(11)20(19)23/h3-4,7-10,23-25H,5-6H2,1-2H3,(H,28,29,30). The topological polar surface area (TPSA) is 239 Å². The van der Waals surface area contributed by atoms with Crippen molar-refractivity contribution in [1.82, 2.24) is 0 Å². The Morgan fingerprint density at radius 2 is 1.61 bits per heavy atom. The van der Waals surface area contributed by atoms with Gasteiger partial charge in [0.25, 0.3) is 10.1 Å². The summed E-state index contributed by atoms with van der Waals surface area (Å²) in [6, 6.07) is 7.02. The summed E-state index contributed by atoms with van der Waals surface area (Å²) in [5.74, 6) is -1.19. The monoisotopic (exact) mass is 656 g/mol. The third-order valence-electron chi connectivity index (χ3n) is 5.07. The van der Waals surface area contributed by atoms with E-state index in [4.69, 9.17) is 24.2 Å². The summed E-state index contributed by atoms with van der Waals surface area (Å²) in [6.07, 6.45) is 0. The number of phenols is 1. The van der Waals surface area contributed by atoms with Gasteiger partial charge in [-0.05, 0) is 29.7 Å². The van der Waals surface area contributed by atoms with Crippen molar-refractivity contribution >= 4 is 66.5 Å². The Kier molecular flexibility index (Phi) is 11.5. The highest BCUT2D eigenvalue weighted by molar-refractivity contribution is 7.94. The lowest BCUT2D eigenvalue weighted by molar-refractivity contribution is -0.434. The maximum absolute atomic E-state index is 12.9. The zero-order chi connectivity index (χ0) is 30.2. The molecule has 224 valence electrons. The summed E-state index contributed by atoms with van der Waals surface area (Å²) in [6.45, 7) is -0.351. The second-order valence-electron chi connectivity index (χ2n) is 7.38. The first-order chi connectivity index (χ1) is 19.5. The number of ether oxygens (including phenoxy) is 2. The van der Waals surface area contributed by atoms with E-state index in [9.17, 15) is 26.5 Å². The van der Waals surface area contributed by atoms with E-state index in [1.807, 2.05) is 0 Å². The number of phenolic OH excluding ortho intramolecular Hbond substituents is 1. The molecule has 3 rings (SSSR count). The largest absolute Gasteiger partial charge is 0.505 e. The molecule has 0 bridgehead atoms. The van der Waals surface area contributed by atoms with Gasteiger partial charge in [-0.3, -0.25) is 8.74 Å². The number of sulfone groups is 1. The van der Waals surface area contributed by atoms with Crippen molar-refractivity contribution in [3.63, 3.8) is 0 Å². The van der Waals surface area contributed by atoms with Gasteiger partial charge in [-0.2, -0.15) is 8.42 Å². The Hall–Kier alpha value is -2.80. The van der Waals surface area contributed by atoms with Gasteiger partial charge in [-0.15, -0.1) is 18.9 Å². The fourth-order valence-corrected chi connectivity index (χ4v) is 5.89. The van der Waals surface area contributed by atoms with E-state index in [1.165, 1.54) is 32.4 Å². The van der Waals surface area contributed by atoms with Crippen molar-refractivity contribution < 1.29 is 69.4 Å². The van der Waals surface area contributed by atoms with Gasteiger partial charge in [0.05, 0.1) is 48.4 Å². The molecule has 41 heavy (non-hydrogen) atoms. The first-order valence-corrected chi connectivity index (χ1v) is 15.1. The van der Waals surface area contributed by atoms with E-state index >= 15 is 0 Å². The van der Waals surface area contributed by atoms with Crippen LogP contribution in [0.15, 0.2) is 61.3 Å². The second kappa shape index (κ2) is 14.4. The van der Waals surface area contributed by atoms with E-state index in [0.717, 1.165) is 18.2 Å². The number of nitrogens with zero attached hydrogens (tertiary/aromatic N) is 2. The predicted molar refractivity (Wildman–Crippen MR) is 140 cm³/mol. The van der Waals surface area contributed by atoms with E-state index in [-0.39, 0.29) is 62.4 Å². The maximum Gasteiger partial charge on any atom is 0.294 e. The van der Waals surface area contributed by atoms with Crippen molar-refractivity contribution in [3.05, 3.63) is 36.4 Å². The van der Waals surface area contributed by atoms with Crippen LogP contribution in [0.25, 0.3) is 10.8 Å². The second-order valence-corrected chi connectivity index (χ2v) is 12.1. The molecule has 0 heterocycles. The van der Waals surface area contributed by atoms with Gasteiger partial charge in [0.2, 0.25) is 0 Å². The minimum absolute atomic E-state index is 0.0149. The van der Waals surface area contributed by atoms with Crippen LogP contribution in [0.2, 0.25) is 0 Å². The average molecular weight is 657 g/mol. The predicted octanol–water partition coefficient (Wildman–Crippen LogP) is 4.43. The zero-order valence-electron chi connectivity index (χ0n) is 20.7. The van der Waals surface area contributed by atoms with Crippen LogP contribution >= 0.6 is 24.4 Å². The molecule has 0 saturated heterocycles. The fraction of sp³-hybridized carbons (Fsp3) is 0.200. The van der Waals surface area contributed by atoms with Crippen LogP contribution in [0, 0.1) is 0 Å². The van der Waals surface area contributed by atoms with Gasteiger partial charge in [0, 0.05) is 17.5 Å². The van der Waals surface area contributed by atoms with Gasteiger partial charge >= 0.3 is 0 Å². The van der Waals surface area contributed by atoms with Gasteiger partial charge in [-0.1, -0.05) is 10.1 Å². The molecule has 0 spiro atoms. The van der Waals surface area contributed by atoms with Gasteiger partial charge < -0.3 is 14.6 Å². The van der Waals surface area contributed by atoms with E-state index in [2.05, 4.69) is 29.0 Å². The molecule has 0 atom stereocenters. The highest BCUT2D eigenvalue weighted by Crippen LogP contribution is 2.45. The first kappa shape index (κ1) is 32.7. The van der Waals surface area contributed by atoms with Gasteiger partial charge in [0.1, 0.15) is 27.8 Å². The fourth-order valence-electron chi connectivity index (χ4n) is 3.30. The molecule has 3 aromatic carbocycles. The maximum atomic E-state index is 12.9. The number of hydrogen-bond donors (Lipinski definition) is 4. The number of methoxy groups -OCH3 is 2. The highest BCUT2D eigenvalue weighted by Gasteiger charge is 2.24. The van der Waals surface area contributed by atoms with Crippen molar-refractivity contribution in [2.75, 3.05) is 26.6 Å². The average Bonchev–Trinajstić information content (AvgIpc) is 2.94. The Bertz CT molecular complexity index is 1630. The molecule has 4 N–H and O–H groups in total. The van der Waals surface area contributed by atoms with Crippen LogP contribution in [0.3, 0.4) is 0 Å². The van der Waals surface area contributed by atoms with Crippen molar-refractivity contribution in [2.45, 2.75) is 14.7 Å². The van der Waals surface area contributed by atoms with Crippen LogP contribution in [-0.4, -0.2) is 63.6 Å². The molecule has 17 nitrogen and oxygen atoms in total. The lowest BCUT2D eigenvalue weighted by Gasteiger charge is -2.13. The lowest BCUT2D eigenvalue weighted by Crippen LogP contribution is -2.12. The molecule has 0 fully saturated rings. The van der Waals surface area contributed by atoms with Gasteiger partial charge in [0.15, 0.2) is 27.9 Å². The van der Waals surface area contributed by atoms with E-state index in [0.29, 0.717) is 12.0 Å². The Balaban J connectivity index is 2.05. The third kappa shape index (κ3) is 8.15. The van der Waals surface area contributed by atoms with Crippen LogP contribution in [0.1, 0.15) is 0 Å². The lowest BCUT2D eigenvalue weighted by atomic mass is 10.1. The SMILES string of the molecule is COc1cc(S(=O)(=O)CCOSOOO)c(OC)cc1N=Nc1c(SOOO)cc2cc(S(=O)(=O)O)ccc2c1O. The van der Waals surface area contributed by atoms with Gasteiger partial charge in [-0.25, -0.2) is 18.9 Å². The Labute approximate surface area is 240 Å². The molecule has 3 aromatic rings. The molecule has 0 unspecified atom stereocenters. The minimum atomic E-state index is -4.55. The van der Waals surface area contributed by atoms with Crippen LogP contribution in [0.4, 0.5) is 11.4 Å². The number of hydrogen-bond acceptors (Lipinski definition) is 18. The number of fused-ring (bicyclic) bond motifs is 1. The Morgan fingerprint density at radius 1 is 0.902 bits per heavy atom. The number of aromatic hydroxyl groups is 1. The first-order valence-electron chi connectivity index (χ1n) is 10.6. The quantitative estimate of drug-likeness (QED) is 0.0442. The van der Waals surface area contributed by atoms with Crippen LogP contribution in [0.5, 0.6) is 17.2 Å². The molecular formula is C20H20N2O15S4. The van der Waals surface area contributed by atoms with Crippen LogP contribution in [-0.2, 0) is 42.9 Å². The molecule has 0 aromatic heterocycles. The molecule has 0 radical (unpaired) electrons. The number of azo groups is 1. The summed E-state index contributed by atoms with van der Waals surface area (Å²) in [5, 5.41) is 42.8. The normalized spacial score (nSPS) is 12.3. The summed E-state index contributed by atoms with van der Waals surface area (Å²) in [5.41, 5.74) is -0.249. The van der Waals surface area contributed by atoms with E-state index in [1.54, 1.807) is 0 Å². The third-order valence-corrected chi connectivity index (χ3v) is 8.62. The molecule has 0 aliphatic rings. The van der Waals surface area contributed by atoms with Crippen molar-refractivity contribution in [3.8, 4) is 17.2 Å². The van der Waals surface area contributed by atoms with E-state index < -0.39 is 36.4 Å². The summed E-state index contributed by atoms with van der Waals surface area (Å²) in [7, 11) is -6.09. The molecule has 0 amide bonds. The van der Waals surface area contributed by atoms with Crippen molar-refractivity contribution in [1.29, 1.82) is 0 Å². The molecule has 0 aliphatic carbocycles. The minimum Gasteiger partial charge on any atom is -0.505 e. The number of benzene rings is 3. The highest BCUT2D eigenvalue weighted by atomic mass is 32.2. The number of rotatable bonds is 15. The van der Waals surface area contributed by atoms with Crippen molar-refractivity contribution in [2.24, 2.45) is 10.2 Å². The Morgan fingerprint density at radius 3 is 2.24 bits per heavy atom. The molecular weight excluding hydrogens is 636 g/mol. The molecule has 0 aliphatic heterocycles. The summed E-state index contributed by atoms with van der Waals surface area (Å²) >= 11 is 0.595. The summed E-state index contributed by atoms with van der Waals surface area (Å²) in [4.78, 5) is -0.728. The molecule has 0 saturated carbocycles.